The Balaban J connectivity index is 3.38. The van der Waals surface area contributed by atoms with E-state index in [1.807, 2.05) is 18.2 Å². The van der Waals surface area contributed by atoms with Crippen LogP contribution in [0.3, 0.4) is 0 Å². The zero-order valence-corrected chi connectivity index (χ0v) is 11.8. The maximum Gasteiger partial charge on any atom is 0.303 e. The molecule has 4 heteroatoms. The summed E-state index contributed by atoms with van der Waals surface area (Å²) < 4.78 is 0. The molecule has 0 saturated carbocycles. The molecule has 0 fully saturated rings. The van der Waals surface area contributed by atoms with Crippen molar-refractivity contribution in [3.63, 3.8) is 0 Å². The summed E-state index contributed by atoms with van der Waals surface area (Å²) in [4.78, 5) is 20.5. The Morgan fingerprint density at radius 2 is 1.15 bits per heavy atom. The van der Waals surface area contributed by atoms with Crippen LogP contribution in [0.15, 0.2) is 36.5 Å². The summed E-state index contributed by atoms with van der Waals surface area (Å²) in [5.41, 5.74) is 0. The fourth-order valence-electron chi connectivity index (χ4n) is 1.52. The van der Waals surface area contributed by atoms with Crippen LogP contribution >= 0.6 is 0 Å². The molecular formula is C16H24O4. The molecule has 2 N–H and O–H groups in total. The molecule has 0 aromatic heterocycles. The summed E-state index contributed by atoms with van der Waals surface area (Å²) in [6.07, 6.45) is 17.4. The van der Waals surface area contributed by atoms with Crippen molar-refractivity contribution in [3.8, 4) is 0 Å². The lowest BCUT2D eigenvalue weighted by molar-refractivity contribution is -0.138. The Kier molecular flexibility index (Phi) is 12.3. The number of aliphatic carboxylic acids is 2. The van der Waals surface area contributed by atoms with Gasteiger partial charge in [-0.1, -0.05) is 36.5 Å². The average Bonchev–Trinajstić information content (AvgIpc) is 2.38. The molecule has 0 aliphatic rings. The van der Waals surface area contributed by atoms with Gasteiger partial charge in [-0.3, -0.25) is 9.59 Å². The second-order valence-corrected chi connectivity index (χ2v) is 4.46. The summed E-state index contributed by atoms with van der Waals surface area (Å²) in [6.45, 7) is 0. The molecule has 4 nitrogen and oxygen atoms in total. The largest absolute Gasteiger partial charge is 0.481 e. The molecule has 0 aliphatic heterocycles. The van der Waals surface area contributed by atoms with Crippen LogP contribution in [0.4, 0.5) is 0 Å². The van der Waals surface area contributed by atoms with Crippen molar-refractivity contribution >= 4 is 11.9 Å². The van der Waals surface area contributed by atoms with Crippen molar-refractivity contribution in [1.29, 1.82) is 0 Å². The Bertz CT molecular complexity index is 353. The van der Waals surface area contributed by atoms with Crippen molar-refractivity contribution in [2.45, 2.75) is 51.4 Å². The second-order valence-electron chi connectivity index (χ2n) is 4.46. The Morgan fingerprint density at radius 3 is 1.70 bits per heavy atom. The van der Waals surface area contributed by atoms with E-state index < -0.39 is 11.9 Å². The Labute approximate surface area is 120 Å². The normalized spacial score (nSPS) is 11.8. The average molecular weight is 280 g/mol. The lowest BCUT2D eigenvalue weighted by atomic mass is 10.2. The molecule has 0 amide bonds. The summed E-state index contributed by atoms with van der Waals surface area (Å²) in [5, 5.41) is 16.9. The number of carbonyl (C=O) groups is 2. The fraction of sp³-hybridized carbons (Fsp3) is 0.500. The third-order valence-corrected chi connectivity index (χ3v) is 2.58. The molecule has 0 heterocycles. The predicted molar refractivity (Wildman–Crippen MR) is 79.6 cm³/mol. The van der Waals surface area contributed by atoms with Gasteiger partial charge in [-0.25, -0.2) is 0 Å². The Morgan fingerprint density at radius 1 is 0.650 bits per heavy atom. The van der Waals surface area contributed by atoms with E-state index in [0.717, 1.165) is 32.1 Å². The molecule has 0 radical (unpaired) electrons. The molecule has 0 aliphatic carbocycles. The minimum atomic E-state index is -0.765. The maximum absolute atomic E-state index is 10.3. The van der Waals surface area contributed by atoms with Gasteiger partial charge in [0.05, 0.1) is 0 Å². The van der Waals surface area contributed by atoms with Crippen LogP contribution in [-0.4, -0.2) is 22.2 Å². The molecule has 0 rings (SSSR count). The summed E-state index contributed by atoms with van der Waals surface area (Å²) in [7, 11) is 0. The number of carboxylic acids is 2. The fourth-order valence-corrected chi connectivity index (χ4v) is 1.52. The highest BCUT2D eigenvalue weighted by Crippen LogP contribution is 2.01. The number of allylic oxidation sites excluding steroid dienone is 6. The van der Waals surface area contributed by atoms with Crippen LogP contribution in [0.2, 0.25) is 0 Å². The monoisotopic (exact) mass is 280 g/mol. The third-order valence-electron chi connectivity index (χ3n) is 2.58. The van der Waals surface area contributed by atoms with Crippen LogP contribution in [0.25, 0.3) is 0 Å². The van der Waals surface area contributed by atoms with Gasteiger partial charge in [0.25, 0.3) is 0 Å². The smallest absolute Gasteiger partial charge is 0.303 e. The molecule has 0 atom stereocenters. The summed E-state index contributed by atoms with van der Waals surface area (Å²) in [6, 6.07) is 0. The van der Waals surface area contributed by atoms with E-state index in [1.165, 1.54) is 0 Å². The number of rotatable bonds is 12. The van der Waals surface area contributed by atoms with Crippen molar-refractivity contribution in [2.75, 3.05) is 0 Å². The van der Waals surface area contributed by atoms with Crippen molar-refractivity contribution in [1.82, 2.24) is 0 Å². The highest BCUT2D eigenvalue weighted by molar-refractivity contribution is 5.66. The van der Waals surface area contributed by atoms with E-state index in [2.05, 4.69) is 18.2 Å². The van der Waals surface area contributed by atoms with Crippen molar-refractivity contribution in [2.24, 2.45) is 0 Å². The first-order valence-electron chi connectivity index (χ1n) is 7.01. The highest BCUT2D eigenvalue weighted by atomic mass is 16.4. The summed E-state index contributed by atoms with van der Waals surface area (Å²) >= 11 is 0. The number of unbranched alkanes of at least 4 members (excludes halogenated alkanes) is 2. The van der Waals surface area contributed by atoms with Gasteiger partial charge in [0.15, 0.2) is 0 Å². The standard InChI is InChI=1S/C16H24O4/c17-15(18)13-11-9-7-5-3-1-2-4-6-8-10-12-14-16(19)20/h1,3-4,6-7,9H,2,5,8,10-14H2,(H,17,18)(H,19,20)/b3-1?,6-4-,9-7?. The SMILES string of the molecule is O=C(O)CCC=CCC=CC/C=C\CCCCC(=O)O. The van der Waals surface area contributed by atoms with Crippen LogP contribution in [-0.2, 0) is 9.59 Å². The van der Waals surface area contributed by atoms with E-state index in [1.54, 1.807) is 0 Å². The highest BCUT2D eigenvalue weighted by Gasteiger charge is 1.94. The van der Waals surface area contributed by atoms with Gasteiger partial charge in [-0.15, -0.1) is 0 Å². The molecule has 112 valence electrons. The quantitative estimate of drug-likeness (QED) is 0.419. The van der Waals surface area contributed by atoms with Gasteiger partial charge in [0.2, 0.25) is 0 Å². The van der Waals surface area contributed by atoms with Crippen LogP contribution < -0.4 is 0 Å². The number of hydrogen-bond acceptors (Lipinski definition) is 2. The second kappa shape index (κ2) is 13.6. The first-order valence-corrected chi connectivity index (χ1v) is 7.01. The molecule has 0 aromatic rings. The van der Waals surface area contributed by atoms with Crippen LogP contribution in [0.5, 0.6) is 0 Å². The van der Waals surface area contributed by atoms with Gasteiger partial charge >= 0.3 is 11.9 Å². The zero-order chi connectivity index (χ0) is 15.1. The van der Waals surface area contributed by atoms with Gasteiger partial charge in [-0.2, -0.15) is 0 Å². The van der Waals surface area contributed by atoms with Gasteiger partial charge in [-0.05, 0) is 38.5 Å². The van der Waals surface area contributed by atoms with E-state index in [-0.39, 0.29) is 12.8 Å². The first kappa shape index (κ1) is 18.2. The van der Waals surface area contributed by atoms with E-state index in [9.17, 15) is 9.59 Å². The predicted octanol–water partition coefficient (Wildman–Crippen LogP) is 3.95. The molecule has 0 aromatic carbocycles. The molecular weight excluding hydrogens is 256 g/mol. The third kappa shape index (κ3) is 16.2. The minimum absolute atomic E-state index is 0.185. The first-order chi connectivity index (χ1) is 9.63. The van der Waals surface area contributed by atoms with Gasteiger partial charge in [0.1, 0.15) is 0 Å². The lowest BCUT2D eigenvalue weighted by Gasteiger charge is -1.92. The lowest BCUT2D eigenvalue weighted by Crippen LogP contribution is -1.92. The molecule has 20 heavy (non-hydrogen) atoms. The van der Waals surface area contributed by atoms with E-state index >= 15 is 0 Å². The number of hydrogen-bond donors (Lipinski definition) is 2. The maximum atomic E-state index is 10.3. The van der Waals surface area contributed by atoms with Crippen molar-refractivity contribution < 1.29 is 19.8 Å². The number of carboxylic acid groups (broad SMARTS) is 2. The van der Waals surface area contributed by atoms with Gasteiger partial charge < -0.3 is 10.2 Å². The molecule has 0 bridgehead atoms. The van der Waals surface area contributed by atoms with Gasteiger partial charge in [0, 0.05) is 12.8 Å². The molecule has 0 unspecified atom stereocenters. The molecule has 0 saturated heterocycles. The topological polar surface area (TPSA) is 74.6 Å². The Hall–Kier alpha value is -1.84. The minimum Gasteiger partial charge on any atom is -0.481 e. The summed E-state index contributed by atoms with van der Waals surface area (Å²) in [5.74, 6) is -1.49. The van der Waals surface area contributed by atoms with Crippen molar-refractivity contribution in [3.05, 3.63) is 36.5 Å². The van der Waals surface area contributed by atoms with E-state index in [0.29, 0.717) is 6.42 Å². The van der Waals surface area contributed by atoms with Crippen LogP contribution in [0, 0.1) is 0 Å². The van der Waals surface area contributed by atoms with E-state index in [4.69, 9.17) is 10.2 Å². The zero-order valence-electron chi connectivity index (χ0n) is 11.8. The molecule has 0 spiro atoms. The van der Waals surface area contributed by atoms with Crippen LogP contribution in [0.1, 0.15) is 51.4 Å².